The fraction of sp³-hybridized carbons (Fsp3) is 0.138. The van der Waals surface area contributed by atoms with Crippen LogP contribution in [0.4, 0.5) is 5.69 Å². The number of carbonyl (C=O) groups is 1. The molecule has 0 radical (unpaired) electrons. The molecule has 1 amide bonds. The minimum Gasteiger partial charge on any atom is -0.341 e. The molecule has 4 aromatic carbocycles. The molecular formula is C29H27ClN2O3S. The van der Waals surface area contributed by atoms with Gasteiger partial charge in [0.15, 0.2) is 0 Å². The van der Waals surface area contributed by atoms with Crippen molar-refractivity contribution >= 4 is 33.2 Å². The minimum absolute atomic E-state index is 0.0301. The minimum atomic E-state index is -4.04. The van der Waals surface area contributed by atoms with Gasteiger partial charge >= 0.3 is 0 Å². The summed E-state index contributed by atoms with van der Waals surface area (Å²) in [5, 5.41) is 3.08. The topological polar surface area (TPSA) is 75.3 Å². The average Bonchev–Trinajstić information content (AvgIpc) is 2.86. The maximum absolute atomic E-state index is 13.3. The Morgan fingerprint density at radius 3 is 2.11 bits per heavy atom. The number of hydrogen-bond donors (Lipinski definition) is 2. The number of carbonyl (C=O) groups excluding carboxylic acids is 1. The molecule has 0 heterocycles. The van der Waals surface area contributed by atoms with Gasteiger partial charge in [-0.15, -0.1) is 0 Å². The summed E-state index contributed by atoms with van der Waals surface area (Å²) >= 11 is 6.28. The van der Waals surface area contributed by atoms with Crippen molar-refractivity contribution in [3.8, 4) is 0 Å². The molecule has 0 aromatic heterocycles. The van der Waals surface area contributed by atoms with Gasteiger partial charge in [0, 0.05) is 5.56 Å². The number of hydrogen-bond acceptors (Lipinski definition) is 3. The number of benzene rings is 4. The molecule has 7 heteroatoms. The van der Waals surface area contributed by atoms with Crippen LogP contribution < -0.4 is 10.0 Å². The maximum atomic E-state index is 13.3. The Morgan fingerprint density at radius 2 is 1.42 bits per heavy atom. The van der Waals surface area contributed by atoms with Crippen molar-refractivity contribution in [2.75, 3.05) is 4.72 Å². The zero-order chi connectivity index (χ0) is 25.9. The molecule has 0 aliphatic heterocycles. The molecular weight excluding hydrogens is 492 g/mol. The molecule has 0 bridgehead atoms. The summed E-state index contributed by atoms with van der Waals surface area (Å²) in [6, 6.07) is 26.9. The maximum Gasteiger partial charge on any atom is 0.263 e. The second-order valence-corrected chi connectivity index (χ2v) is 10.9. The Balaban J connectivity index is 1.66. The lowest BCUT2D eigenvalue weighted by atomic mass is 9.97. The molecule has 4 rings (SSSR count). The van der Waals surface area contributed by atoms with E-state index in [0.717, 1.165) is 27.8 Å². The van der Waals surface area contributed by atoms with Crippen molar-refractivity contribution < 1.29 is 13.2 Å². The average molecular weight is 519 g/mol. The fourth-order valence-electron chi connectivity index (χ4n) is 3.87. The molecule has 0 aliphatic carbocycles. The lowest BCUT2D eigenvalue weighted by molar-refractivity contribution is 0.0942. The smallest absolute Gasteiger partial charge is 0.263 e. The van der Waals surface area contributed by atoms with Crippen molar-refractivity contribution in [1.82, 2.24) is 5.32 Å². The molecule has 4 aromatic rings. The van der Waals surface area contributed by atoms with Crippen LogP contribution in [0.15, 0.2) is 95.9 Å². The van der Waals surface area contributed by atoms with Crippen LogP contribution in [0.2, 0.25) is 5.02 Å². The Bertz CT molecular complexity index is 1500. The number of aryl methyl sites for hydroxylation is 3. The predicted octanol–water partition coefficient (Wildman–Crippen LogP) is 6.59. The normalized spacial score (nSPS) is 12.1. The van der Waals surface area contributed by atoms with Gasteiger partial charge in [0.05, 0.1) is 16.8 Å². The number of halogens is 1. The van der Waals surface area contributed by atoms with E-state index in [4.69, 9.17) is 11.6 Å². The Morgan fingerprint density at radius 1 is 0.778 bits per heavy atom. The third-order valence-electron chi connectivity index (χ3n) is 5.94. The molecule has 1 atom stereocenters. The highest BCUT2D eigenvalue weighted by Crippen LogP contribution is 2.28. The van der Waals surface area contributed by atoms with E-state index >= 15 is 0 Å². The first-order valence-corrected chi connectivity index (χ1v) is 13.3. The first kappa shape index (κ1) is 25.5. The van der Waals surface area contributed by atoms with Gasteiger partial charge in [-0.2, -0.15) is 0 Å². The molecule has 5 nitrogen and oxygen atoms in total. The van der Waals surface area contributed by atoms with Gasteiger partial charge in [-0.3, -0.25) is 9.52 Å². The van der Waals surface area contributed by atoms with Crippen molar-refractivity contribution in [3.05, 3.63) is 129 Å². The van der Waals surface area contributed by atoms with Crippen molar-refractivity contribution in [2.24, 2.45) is 0 Å². The molecule has 0 aliphatic rings. The fourth-order valence-corrected chi connectivity index (χ4v) is 5.52. The molecule has 36 heavy (non-hydrogen) atoms. The molecule has 0 saturated heterocycles. The van der Waals surface area contributed by atoms with Crippen LogP contribution in [-0.2, 0) is 10.0 Å². The summed E-state index contributed by atoms with van der Waals surface area (Å²) in [7, 11) is -4.04. The first-order chi connectivity index (χ1) is 17.1. The molecule has 184 valence electrons. The van der Waals surface area contributed by atoms with Crippen molar-refractivity contribution in [3.63, 3.8) is 0 Å². The lowest BCUT2D eigenvalue weighted by Gasteiger charge is -2.20. The Labute approximate surface area is 217 Å². The largest absolute Gasteiger partial charge is 0.341 e. The Kier molecular flexibility index (Phi) is 7.48. The molecule has 0 saturated carbocycles. The van der Waals surface area contributed by atoms with Gasteiger partial charge in [0.25, 0.3) is 15.9 Å². The van der Waals surface area contributed by atoms with E-state index in [-0.39, 0.29) is 15.5 Å². The van der Waals surface area contributed by atoms with Crippen LogP contribution >= 0.6 is 11.6 Å². The van der Waals surface area contributed by atoms with Crippen LogP contribution in [0.5, 0.6) is 0 Å². The van der Waals surface area contributed by atoms with Gasteiger partial charge in [-0.05, 0) is 67.3 Å². The summed E-state index contributed by atoms with van der Waals surface area (Å²) < 4.78 is 29.1. The zero-order valence-corrected chi connectivity index (χ0v) is 21.8. The van der Waals surface area contributed by atoms with Crippen LogP contribution in [0, 0.1) is 20.8 Å². The van der Waals surface area contributed by atoms with Crippen LogP contribution in [-0.4, -0.2) is 14.3 Å². The first-order valence-electron chi connectivity index (χ1n) is 11.5. The zero-order valence-electron chi connectivity index (χ0n) is 20.2. The van der Waals surface area contributed by atoms with Crippen molar-refractivity contribution in [2.45, 2.75) is 31.7 Å². The molecule has 0 fully saturated rings. The number of rotatable bonds is 7. The van der Waals surface area contributed by atoms with Crippen LogP contribution in [0.1, 0.15) is 44.2 Å². The number of anilines is 1. The monoisotopic (exact) mass is 518 g/mol. The van der Waals surface area contributed by atoms with Crippen LogP contribution in [0.3, 0.4) is 0 Å². The van der Waals surface area contributed by atoms with Gasteiger partial charge in [0.2, 0.25) is 0 Å². The van der Waals surface area contributed by atoms with E-state index in [9.17, 15) is 13.2 Å². The highest BCUT2D eigenvalue weighted by atomic mass is 35.5. The SMILES string of the molecule is Cc1ccc([C@H](NC(=O)c2ccc(Cl)c(S(=O)(=O)Nc3cc(C)ccc3C)c2)c2ccccc2)cc1. The van der Waals surface area contributed by atoms with Gasteiger partial charge in [-0.25, -0.2) is 8.42 Å². The van der Waals surface area contributed by atoms with E-state index in [1.165, 1.54) is 18.2 Å². The summed E-state index contributed by atoms with van der Waals surface area (Å²) in [5.41, 5.74) is 5.28. The molecule has 2 N–H and O–H groups in total. The summed E-state index contributed by atoms with van der Waals surface area (Å²) in [5.74, 6) is -0.413. The van der Waals surface area contributed by atoms with E-state index in [2.05, 4.69) is 10.0 Å². The van der Waals surface area contributed by atoms with E-state index < -0.39 is 22.0 Å². The third kappa shape index (κ3) is 5.78. The van der Waals surface area contributed by atoms with Gasteiger partial charge < -0.3 is 5.32 Å². The number of nitrogens with one attached hydrogen (secondary N) is 2. The standard InChI is InChI=1S/C29H27ClN2O3S/c1-19-10-13-23(14-11-19)28(22-7-5-4-6-8-22)31-29(33)24-15-16-25(30)27(18-24)36(34,35)32-26-17-20(2)9-12-21(26)3/h4-18,28,32H,1-3H3,(H,31,33)/t28-/m1/s1. The second-order valence-electron chi connectivity index (χ2n) is 8.80. The van der Waals surface area contributed by atoms with Crippen LogP contribution in [0.25, 0.3) is 0 Å². The second kappa shape index (κ2) is 10.6. The van der Waals surface area contributed by atoms with E-state index in [1.54, 1.807) is 6.07 Å². The predicted molar refractivity (Wildman–Crippen MR) is 145 cm³/mol. The van der Waals surface area contributed by atoms with E-state index in [0.29, 0.717) is 5.69 Å². The third-order valence-corrected chi connectivity index (χ3v) is 7.79. The summed E-state index contributed by atoms with van der Waals surface area (Å²) in [4.78, 5) is 13.2. The number of amides is 1. The quantitative estimate of drug-likeness (QED) is 0.290. The molecule has 0 spiro atoms. The highest BCUT2D eigenvalue weighted by molar-refractivity contribution is 7.92. The van der Waals surface area contributed by atoms with Crippen molar-refractivity contribution in [1.29, 1.82) is 0 Å². The summed E-state index contributed by atoms with van der Waals surface area (Å²) in [6.45, 7) is 5.70. The highest BCUT2D eigenvalue weighted by Gasteiger charge is 2.23. The summed E-state index contributed by atoms with van der Waals surface area (Å²) in [6.07, 6.45) is 0. The van der Waals surface area contributed by atoms with Gasteiger partial charge in [0.1, 0.15) is 4.90 Å². The van der Waals surface area contributed by atoms with E-state index in [1.807, 2.05) is 87.5 Å². The Hall–Kier alpha value is -3.61. The molecule has 0 unspecified atom stereocenters. The number of sulfonamides is 1. The lowest BCUT2D eigenvalue weighted by Crippen LogP contribution is -2.29. The van der Waals surface area contributed by atoms with Gasteiger partial charge in [-0.1, -0.05) is 83.9 Å².